The Balaban J connectivity index is 1.89. The molecule has 1 atom stereocenters. The van der Waals surface area contributed by atoms with Gasteiger partial charge in [-0.1, -0.05) is 6.07 Å². The van der Waals surface area contributed by atoms with Crippen molar-refractivity contribution in [3.05, 3.63) is 59.4 Å². The number of hydrogen-bond donors (Lipinski definition) is 1. The van der Waals surface area contributed by atoms with Gasteiger partial charge in [-0.15, -0.1) is 0 Å². The van der Waals surface area contributed by atoms with Gasteiger partial charge in [-0.05, 0) is 35.9 Å². The zero-order chi connectivity index (χ0) is 13.5. The highest BCUT2D eigenvalue weighted by Crippen LogP contribution is 2.37. The summed E-state index contributed by atoms with van der Waals surface area (Å²) in [6.45, 7) is 0. The Morgan fingerprint density at radius 2 is 2.00 bits per heavy atom. The molecule has 3 rings (SSSR count). The van der Waals surface area contributed by atoms with Gasteiger partial charge < -0.3 is 5.32 Å². The second-order valence-corrected chi connectivity index (χ2v) is 4.53. The van der Waals surface area contributed by atoms with E-state index in [4.69, 9.17) is 0 Å². The summed E-state index contributed by atoms with van der Waals surface area (Å²) >= 11 is 0. The van der Waals surface area contributed by atoms with Crippen LogP contribution >= 0.6 is 0 Å². The zero-order valence-corrected chi connectivity index (χ0v) is 9.91. The van der Waals surface area contributed by atoms with Crippen LogP contribution in [0.1, 0.15) is 22.9 Å². The molecular formula is C14H11F3N2. The average Bonchev–Trinajstić information content (AvgIpc) is 2.81. The van der Waals surface area contributed by atoms with Crippen LogP contribution < -0.4 is 5.32 Å². The monoisotopic (exact) mass is 264 g/mol. The molecule has 1 aliphatic rings. The number of aromatic nitrogens is 1. The van der Waals surface area contributed by atoms with Crippen LogP contribution in [0.2, 0.25) is 0 Å². The molecule has 1 unspecified atom stereocenters. The maximum Gasteiger partial charge on any atom is 0.416 e. The average molecular weight is 264 g/mol. The molecule has 2 aromatic rings. The van der Waals surface area contributed by atoms with Crippen molar-refractivity contribution in [2.24, 2.45) is 0 Å². The van der Waals surface area contributed by atoms with Gasteiger partial charge in [0, 0.05) is 18.3 Å². The highest BCUT2D eigenvalue weighted by Gasteiger charge is 2.32. The summed E-state index contributed by atoms with van der Waals surface area (Å²) in [5.74, 6) is 0. The molecule has 0 aliphatic carbocycles. The molecule has 0 amide bonds. The number of pyridine rings is 1. The summed E-state index contributed by atoms with van der Waals surface area (Å²) in [5.41, 5.74) is 1.68. The van der Waals surface area contributed by atoms with Gasteiger partial charge in [0.2, 0.25) is 0 Å². The fourth-order valence-corrected chi connectivity index (χ4v) is 2.30. The van der Waals surface area contributed by atoms with Crippen molar-refractivity contribution in [2.75, 3.05) is 5.32 Å². The van der Waals surface area contributed by atoms with Gasteiger partial charge in [-0.25, -0.2) is 0 Å². The van der Waals surface area contributed by atoms with Crippen LogP contribution in [0.5, 0.6) is 0 Å². The lowest BCUT2D eigenvalue weighted by atomic mass is 10.0. The Morgan fingerprint density at radius 3 is 2.68 bits per heavy atom. The van der Waals surface area contributed by atoms with Gasteiger partial charge in [0.1, 0.15) is 0 Å². The van der Waals surface area contributed by atoms with E-state index < -0.39 is 11.7 Å². The summed E-state index contributed by atoms with van der Waals surface area (Å²) in [5, 5.41) is 3.20. The lowest BCUT2D eigenvalue weighted by Crippen LogP contribution is -2.07. The summed E-state index contributed by atoms with van der Waals surface area (Å²) in [6, 6.07) is 9.30. The molecule has 2 nitrogen and oxygen atoms in total. The third kappa shape index (κ3) is 2.28. The van der Waals surface area contributed by atoms with Crippen LogP contribution in [0, 0.1) is 0 Å². The third-order valence-corrected chi connectivity index (χ3v) is 3.23. The minimum absolute atomic E-state index is 0.0558. The fraction of sp³-hybridized carbons (Fsp3) is 0.214. The first-order valence-electron chi connectivity index (χ1n) is 5.91. The molecule has 19 heavy (non-hydrogen) atoms. The Bertz CT molecular complexity index is 593. The number of hydrogen-bond acceptors (Lipinski definition) is 2. The van der Waals surface area contributed by atoms with Gasteiger partial charge in [0.15, 0.2) is 0 Å². The molecule has 1 aromatic carbocycles. The van der Waals surface area contributed by atoms with Crippen LogP contribution in [-0.2, 0) is 12.6 Å². The normalized spacial score (nSPS) is 17.9. The first kappa shape index (κ1) is 12.0. The van der Waals surface area contributed by atoms with E-state index in [9.17, 15) is 13.2 Å². The van der Waals surface area contributed by atoms with E-state index in [-0.39, 0.29) is 6.04 Å². The van der Waals surface area contributed by atoms with Crippen molar-refractivity contribution in [3.63, 3.8) is 0 Å². The molecule has 1 N–H and O–H groups in total. The Hall–Kier alpha value is -2.04. The zero-order valence-electron chi connectivity index (χ0n) is 9.91. The number of benzene rings is 1. The van der Waals surface area contributed by atoms with Crippen molar-refractivity contribution in [2.45, 2.75) is 18.6 Å². The molecule has 0 spiro atoms. The number of nitrogens with zero attached hydrogens (tertiary/aromatic N) is 1. The van der Waals surface area contributed by atoms with E-state index in [2.05, 4.69) is 10.3 Å². The van der Waals surface area contributed by atoms with Crippen molar-refractivity contribution in [3.8, 4) is 0 Å². The molecule has 0 saturated heterocycles. The minimum atomic E-state index is -4.29. The molecule has 1 aliphatic heterocycles. The topological polar surface area (TPSA) is 24.9 Å². The molecule has 2 heterocycles. The largest absolute Gasteiger partial charge is 0.416 e. The molecule has 0 saturated carbocycles. The van der Waals surface area contributed by atoms with E-state index >= 15 is 0 Å². The predicted octanol–water partition coefficient (Wildman–Crippen LogP) is 3.81. The van der Waals surface area contributed by atoms with E-state index in [0.717, 1.165) is 17.4 Å². The van der Waals surface area contributed by atoms with Crippen molar-refractivity contribution in [1.29, 1.82) is 0 Å². The number of anilines is 1. The first-order chi connectivity index (χ1) is 9.04. The standard InChI is InChI=1S/C14H11F3N2/c15-14(16,17)10-4-5-11-9(7-10)8-13(19-11)12-3-1-2-6-18-12/h1-7,13,19H,8H2. The fourth-order valence-electron chi connectivity index (χ4n) is 2.30. The molecule has 98 valence electrons. The maximum absolute atomic E-state index is 12.6. The quantitative estimate of drug-likeness (QED) is 0.847. The summed E-state index contributed by atoms with van der Waals surface area (Å²) in [6.07, 6.45) is -2.09. The maximum atomic E-state index is 12.6. The summed E-state index contributed by atoms with van der Waals surface area (Å²) < 4.78 is 37.9. The highest BCUT2D eigenvalue weighted by atomic mass is 19.4. The number of nitrogens with one attached hydrogen (secondary N) is 1. The van der Waals surface area contributed by atoms with Crippen LogP contribution in [0.3, 0.4) is 0 Å². The number of rotatable bonds is 1. The lowest BCUT2D eigenvalue weighted by Gasteiger charge is -2.09. The van der Waals surface area contributed by atoms with Crippen LogP contribution in [-0.4, -0.2) is 4.98 Å². The minimum Gasteiger partial charge on any atom is -0.376 e. The molecule has 1 aromatic heterocycles. The third-order valence-electron chi connectivity index (χ3n) is 3.23. The van der Waals surface area contributed by atoms with Gasteiger partial charge in [-0.2, -0.15) is 13.2 Å². The van der Waals surface area contributed by atoms with Gasteiger partial charge >= 0.3 is 6.18 Å². The Kier molecular flexibility index (Phi) is 2.69. The van der Waals surface area contributed by atoms with Crippen LogP contribution in [0.25, 0.3) is 0 Å². The van der Waals surface area contributed by atoms with E-state index in [0.29, 0.717) is 12.0 Å². The number of alkyl halides is 3. The number of fused-ring (bicyclic) bond motifs is 1. The smallest absolute Gasteiger partial charge is 0.376 e. The molecule has 0 radical (unpaired) electrons. The molecule has 0 fully saturated rings. The molecular weight excluding hydrogens is 253 g/mol. The highest BCUT2D eigenvalue weighted by molar-refractivity contribution is 5.59. The Morgan fingerprint density at radius 1 is 1.16 bits per heavy atom. The van der Waals surface area contributed by atoms with Crippen LogP contribution in [0.15, 0.2) is 42.6 Å². The predicted molar refractivity (Wildman–Crippen MR) is 65.7 cm³/mol. The number of halogens is 3. The SMILES string of the molecule is FC(F)(F)c1ccc2c(c1)CC(c1ccccn1)N2. The molecule has 0 bridgehead atoms. The molecule has 5 heteroatoms. The van der Waals surface area contributed by atoms with Crippen molar-refractivity contribution >= 4 is 5.69 Å². The van der Waals surface area contributed by atoms with Gasteiger partial charge in [0.25, 0.3) is 0 Å². The lowest BCUT2D eigenvalue weighted by molar-refractivity contribution is -0.137. The Labute approximate surface area is 108 Å². The van der Waals surface area contributed by atoms with Gasteiger partial charge in [-0.3, -0.25) is 4.98 Å². The van der Waals surface area contributed by atoms with Crippen molar-refractivity contribution in [1.82, 2.24) is 4.98 Å². The van der Waals surface area contributed by atoms with E-state index in [1.807, 2.05) is 18.2 Å². The second-order valence-electron chi connectivity index (χ2n) is 4.53. The van der Waals surface area contributed by atoms with Gasteiger partial charge in [0.05, 0.1) is 17.3 Å². The van der Waals surface area contributed by atoms with Crippen LogP contribution in [0.4, 0.5) is 18.9 Å². The summed E-state index contributed by atoms with van der Waals surface area (Å²) in [4.78, 5) is 4.23. The second kappa shape index (κ2) is 4.26. The van der Waals surface area contributed by atoms with Crippen molar-refractivity contribution < 1.29 is 13.2 Å². The summed E-state index contributed by atoms with van der Waals surface area (Å²) in [7, 11) is 0. The van der Waals surface area contributed by atoms with E-state index in [1.165, 1.54) is 12.1 Å². The van der Waals surface area contributed by atoms with E-state index in [1.54, 1.807) is 6.20 Å². The first-order valence-corrected chi connectivity index (χ1v) is 5.91.